The highest BCUT2D eigenvalue weighted by atomic mass is 16.1. The summed E-state index contributed by atoms with van der Waals surface area (Å²) in [7, 11) is 0. The van der Waals surface area contributed by atoms with Gasteiger partial charge in [0.15, 0.2) is 0 Å². The average molecular weight is 280 g/mol. The van der Waals surface area contributed by atoms with Gasteiger partial charge in [0.05, 0.1) is 0 Å². The Morgan fingerprint density at radius 2 is 1.71 bits per heavy atom. The highest BCUT2D eigenvalue weighted by molar-refractivity contribution is 5.81. The molecule has 1 aliphatic carbocycles. The summed E-state index contributed by atoms with van der Waals surface area (Å²) in [6, 6.07) is 18.1. The fraction of sp³-hybridized carbons (Fsp3) is 0.278. The lowest BCUT2D eigenvalue weighted by molar-refractivity contribution is -0.120. The first kappa shape index (κ1) is 13.8. The summed E-state index contributed by atoms with van der Waals surface area (Å²) in [6.45, 7) is 0. The lowest BCUT2D eigenvalue weighted by Crippen LogP contribution is -2.42. The van der Waals surface area contributed by atoms with Crippen molar-refractivity contribution in [3.63, 3.8) is 0 Å². The van der Waals surface area contributed by atoms with Crippen molar-refractivity contribution in [2.75, 3.05) is 0 Å². The maximum absolute atomic E-state index is 11.8. The molecule has 3 nitrogen and oxygen atoms in total. The summed E-state index contributed by atoms with van der Waals surface area (Å²) in [5.41, 5.74) is 9.31. The highest BCUT2D eigenvalue weighted by Crippen LogP contribution is 2.23. The van der Waals surface area contributed by atoms with Crippen LogP contribution in [0.15, 0.2) is 54.6 Å². The third-order valence-electron chi connectivity index (χ3n) is 4.17. The van der Waals surface area contributed by atoms with E-state index >= 15 is 0 Å². The first-order chi connectivity index (χ1) is 10.2. The van der Waals surface area contributed by atoms with Gasteiger partial charge in [-0.1, -0.05) is 54.6 Å². The number of carbonyl (C=O) groups excluding carboxylic acids is 1. The molecule has 0 spiro atoms. The van der Waals surface area contributed by atoms with Crippen molar-refractivity contribution in [3.05, 3.63) is 71.3 Å². The van der Waals surface area contributed by atoms with Gasteiger partial charge in [0.2, 0.25) is 5.91 Å². The van der Waals surface area contributed by atoms with Crippen molar-refractivity contribution < 1.29 is 4.79 Å². The summed E-state index contributed by atoms with van der Waals surface area (Å²) in [6.07, 6.45) is 3.04. The Morgan fingerprint density at radius 3 is 2.43 bits per heavy atom. The molecular weight excluding hydrogens is 260 g/mol. The molecule has 0 aliphatic heterocycles. The molecule has 0 saturated heterocycles. The third kappa shape index (κ3) is 3.14. The van der Waals surface area contributed by atoms with Crippen LogP contribution in [0.2, 0.25) is 0 Å². The molecule has 0 radical (unpaired) electrons. The van der Waals surface area contributed by atoms with Gasteiger partial charge < -0.3 is 5.73 Å². The van der Waals surface area contributed by atoms with Crippen molar-refractivity contribution in [1.29, 1.82) is 0 Å². The van der Waals surface area contributed by atoms with Crippen LogP contribution in [0.1, 0.15) is 29.2 Å². The average Bonchev–Trinajstić information content (AvgIpc) is 2.53. The number of benzene rings is 2. The minimum Gasteiger partial charge on any atom is -0.368 e. The van der Waals surface area contributed by atoms with Crippen LogP contribution in [0.25, 0.3) is 0 Å². The van der Waals surface area contributed by atoms with Crippen LogP contribution in [0.3, 0.4) is 0 Å². The Morgan fingerprint density at radius 1 is 1.05 bits per heavy atom. The summed E-state index contributed by atoms with van der Waals surface area (Å²) in [5.74, 6) is -0.319. The molecule has 0 aromatic heterocycles. The van der Waals surface area contributed by atoms with E-state index in [2.05, 4.69) is 29.6 Å². The van der Waals surface area contributed by atoms with E-state index in [9.17, 15) is 4.79 Å². The van der Waals surface area contributed by atoms with Gasteiger partial charge in [0.25, 0.3) is 0 Å². The molecule has 2 atom stereocenters. The van der Waals surface area contributed by atoms with E-state index in [1.165, 1.54) is 11.1 Å². The molecule has 0 fully saturated rings. The predicted octanol–water partition coefficient (Wildman–Crippen LogP) is 2.36. The van der Waals surface area contributed by atoms with Crippen molar-refractivity contribution in [2.45, 2.75) is 31.3 Å². The van der Waals surface area contributed by atoms with E-state index in [0.29, 0.717) is 0 Å². The molecule has 0 saturated carbocycles. The van der Waals surface area contributed by atoms with Crippen LogP contribution in [-0.2, 0) is 17.6 Å². The number of aryl methyl sites for hydroxylation is 1. The standard InChI is InChI=1S/C18H20N2O/c19-18(21)17(14-7-2-1-3-8-14)20-16-11-10-13-6-4-5-9-15(13)12-16/h1-9,16-17,20H,10-12H2,(H2,19,21). The largest absolute Gasteiger partial charge is 0.368 e. The van der Waals surface area contributed by atoms with E-state index in [1.54, 1.807) is 0 Å². The summed E-state index contributed by atoms with van der Waals surface area (Å²) >= 11 is 0. The molecule has 3 heteroatoms. The molecule has 0 heterocycles. The predicted molar refractivity (Wildman–Crippen MR) is 83.8 cm³/mol. The van der Waals surface area contributed by atoms with Crippen LogP contribution >= 0.6 is 0 Å². The second-order valence-electron chi connectivity index (χ2n) is 5.62. The van der Waals surface area contributed by atoms with E-state index < -0.39 is 6.04 Å². The number of primary amides is 1. The monoisotopic (exact) mass is 280 g/mol. The highest BCUT2D eigenvalue weighted by Gasteiger charge is 2.24. The SMILES string of the molecule is NC(=O)C(NC1CCc2ccccc2C1)c1ccccc1. The fourth-order valence-electron chi connectivity index (χ4n) is 3.06. The molecule has 3 rings (SSSR count). The lowest BCUT2D eigenvalue weighted by atomic mass is 9.87. The van der Waals surface area contributed by atoms with Crippen molar-refractivity contribution in [2.24, 2.45) is 5.73 Å². The number of rotatable bonds is 4. The minimum absolute atomic E-state index is 0.289. The number of nitrogens with two attached hydrogens (primary N) is 1. The Balaban J connectivity index is 1.75. The molecule has 3 N–H and O–H groups in total. The second-order valence-corrected chi connectivity index (χ2v) is 5.62. The topological polar surface area (TPSA) is 55.1 Å². The van der Waals surface area contributed by atoms with Gasteiger partial charge in [-0.25, -0.2) is 0 Å². The molecule has 2 unspecified atom stereocenters. The first-order valence-electron chi connectivity index (χ1n) is 7.41. The summed E-state index contributed by atoms with van der Waals surface area (Å²) in [5, 5.41) is 3.44. The number of nitrogens with one attached hydrogen (secondary N) is 1. The van der Waals surface area contributed by atoms with Crippen LogP contribution in [-0.4, -0.2) is 11.9 Å². The number of fused-ring (bicyclic) bond motifs is 1. The Bertz CT molecular complexity index is 624. The zero-order chi connectivity index (χ0) is 14.7. The van der Waals surface area contributed by atoms with Gasteiger partial charge in [-0.15, -0.1) is 0 Å². The van der Waals surface area contributed by atoms with Crippen molar-refractivity contribution in [3.8, 4) is 0 Å². The smallest absolute Gasteiger partial charge is 0.239 e. The zero-order valence-corrected chi connectivity index (χ0v) is 12.0. The minimum atomic E-state index is -0.415. The Kier molecular flexibility index (Phi) is 4.02. The molecule has 0 bridgehead atoms. The number of hydrogen-bond acceptors (Lipinski definition) is 2. The lowest BCUT2D eigenvalue weighted by Gasteiger charge is -2.29. The first-order valence-corrected chi connectivity index (χ1v) is 7.41. The molecule has 1 amide bonds. The van der Waals surface area contributed by atoms with Gasteiger partial charge in [-0.2, -0.15) is 0 Å². The maximum Gasteiger partial charge on any atom is 0.239 e. The van der Waals surface area contributed by atoms with Gasteiger partial charge >= 0.3 is 0 Å². The second kappa shape index (κ2) is 6.10. The van der Waals surface area contributed by atoms with Crippen LogP contribution in [0.4, 0.5) is 0 Å². The van der Waals surface area contributed by atoms with Crippen molar-refractivity contribution >= 4 is 5.91 Å². The molecular formula is C18H20N2O. The van der Waals surface area contributed by atoms with Crippen molar-refractivity contribution in [1.82, 2.24) is 5.32 Å². The van der Waals surface area contributed by atoms with Gasteiger partial charge in [-0.3, -0.25) is 10.1 Å². The quantitative estimate of drug-likeness (QED) is 0.903. The maximum atomic E-state index is 11.8. The van der Waals surface area contributed by atoms with Gasteiger partial charge in [0.1, 0.15) is 6.04 Å². The molecule has 21 heavy (non-hydrogen) atoms. The number of hydrogen-bond donors (Lipinski definition) is 2. The normalized spacial score (nSPS) is 18.8. The van der Waals surface area contributed by atoms with E-state index in [0.717, 1.165) is 24.8 Å². The van der Waals surface area contributed by atoms with E-state index in [1.807, 2.05) is 30.3 Å². The van der Waals surface area contributed by atoms with Gasteiger partial charge in [0, 0.05) is 6.04 Å². The van der Waals surface area contributed by atoms with Gasteiger partial charge in [-0.05, 0) is 36.0 Å². The molecule has 1 aliphatic rings. The zero-order valence-electron chi connectivity index (χ0n) is 12.0. The molecule has 2 aromatic carbocycles. The van der Waals surface area contributed by atoms with Crippen LogP contribution < -0.4 is 11.1 Å². The summed E-state index contributed by atoms with van der Waals surface area (Å²) in [4.78, 5) is 11.8. The third-order valence-corrected chi connectivity index (χ3v) is 4.17. The number of carbonyl (C=O) groups is 1. The Labute approximate surface area is 125 Å². The van der Waals surface area contributed by atoms with E-state index in [-0.39, 0.29) is 11.9 Å². The fourth-order valence-corrected chi connectivity index (χ4v) is 3.06. The van der Waals surface area contributed by atoms with Crippen LogP contribution in [0, 0.1) is 0 Å². The van der Waals surface area contributed by atoms with Crippen LogP contribution in [0.5, 0.6) is 0 Å². The summed E-state index contributed by atoms with van der Waals surface area (Å²) < 4.78 is 0. The number of amides is 1. The van der Waals surface area contributed by atoms with E-state index in [4.69, 9.17) is 5.73 Å². The Hall–Kier alpha value is -2.13. The molecule has 2 aromatic rings. The molecule has 108 valence electrons.